The normalized spacial score (nSPS) is 11.7. The van der Waals surface area contributed by atoms with Gasteiger partial charge in [0.25, 0.3) is 0 Å². The fourth-order valence-electron chi connectivity index (χ4n) is 2.66. The first-order chi connectivity index (χ1) is 13.9. The Morgan fingerprint density at radius 3 is 2.41 bits per heavy atom. The molecule has 9 heteroatoms. The molecule has 0 unspecified atom stereocenters. The lowest BCUT2D eigenvalue weighted by molar-refractivity contribution is -0.173. The monoisotopic (exact) mass is 425 g/mol. The highest BCUT2D eigenvalue weighted by Gasteiger charge is 2.27. The maximum absolute atomic E-state index is 14.3. The number of thioether (sulfide) groups is 1. The van der Waals surface area contributed by atoms with Gasteiger partial charge in [-0.3, -0.25) is 4.57 Å². The first-order valence-corrected chi connectivity index (χ1v) is 9.92. The van der Waals surface area contributed by atoms with Crippen molar-refractivity contribution in [2.24, 2.45) is 0 Å². The van der Waals surface area contributed by atoms with Crippen LogP contribution in [-0.4, -0.2) is 39.9 Å². The van der Waals surface area contributed by atoms with Crippen LogP contribution in [0.1, 0.15) is 12.0 Å². The van der Waals surface area contributed by atoms with Gasteiger partial charge < -0.3 is 4.74 Å². The summed E-state index contributed by atoms with van der Waals surface area (Å²) < 4.78 is 57.0. The van der Waals surface area contributed by atoms with Gasteiger partial charge in [0, 0.05) is 12.4 Å². The van der Waals surface area contributed by atoms with E-state index in [9.17, 15) is 17.6 Å². The topological polar surface area (TPSA) is 39.9 Å². The lowest BCUT2D eigenvalue weighted by atomic mass is 10.2. The van der Waals surface area contributed by atoms with Gasteiger partial charge in [-0.05, 0) is 24.1 Å². The second-order valence-electron chi connectivity index (χ2n) is 6.23. The smallest absolute Gasteiger partial charge is 0.372 e. The fourth-order valence-corrected chi connectivity index (χ4v) is 3.51. The Labute approximate surface area is 169 Å². The molecule has 0 saturated heterocycles. The summed E-state index contributed by atoms with van der Waals surface area (Å²) in [5.74, 6) is 0.510. The average molecular weight is 425 g/mol. The summed E-state index contributed by atoms with van der Waals surface area (Å²) in [5, 5.41) is 8.91. The van der Waals surface area contributed by atoms with Crippen LogP contribution in [0.2, 0.25) is 0 Å². The minimum atomic E-state index is -4.32. The molecule has 0 aliphatic rings. The van der Waals surface area contributed by atoms with Crippen molar-refractivity contribution in [1.82, 2.24) is 14.8 Å². The van der Waals surface area contributed by atoms with Gasteiger partial charge in [0.1, 0.15) is 12.4 Å². The van der Waals surface area contributed by atoms with Crippen LogP contribution in [0, 0.1) is 5.82 Å². The lowest BCUT2D eigenvalue weighted by Crippen LogP contribution is -2.17. The van der Waals surface area contributed by atoms with E-state index in [1.807, 2.05) is 34.9 Å². The highest BCUT2D eigenvalue weighted by atomic mass is 32.2. The van der Waals surface area contributed by atoms with Crippen LogP contribution in [0.5, 0.6) is 0 Å². The average Bonchev–Trinajstić information content (AvgIpc) is 3.07. The van der Waals surface area contributed by atoms with Crippen molar-refractivity contribution >= 4 is 11.8 Å². The fraction of sp³-hybridized carbons (Fsp3) is 0.300. The Balaban J connectivity index is 1.72. The Morgan fingerprint density at radius 1 is 0.966 bits per heavy atom. The van der Waals surface area contributed by atoms with Crippen LogP contribution in [0.25, 0.3) is 11.4 Å². The molecule has 3 aromatic rings. The molecule has 1 aromatic heterocycles. The molecule has 0 spiro atoms. The van der Waals surface area contributed by atoms with Crippen molar-refractivity contribution in [3.63, 3.8) is 0 Å². The number of alkyl halides is 3. The number of nitrogens with zero attached hydrogens (tertiary/aromatic N) is 3. The molecular weight excluding hydrogens is 406 g/mol. The molecule has 0 aliphatic heterocycles. The number of rotatable bonds is 9. The van der Waals surface area contributed by atoms with Crippen LogP contribution in [0.4, 0.5) is 17.6 Å². The molecule has 0 amide bonds. The van der Waals surface area contributed by atoms with Gasteiger partial charge in [0.15, 0.2) is 11.0 Å². The van der Waals surface area contributed by atoms with E-state index < -0.39 is 18.6 Å². The number of hydrogen-bond acceptors (Lipinski definition) is 4. The highest BCUT2D eigenvalue weighted by Crippen LogP contribution is 2.27. The molecule has 2 aromatic carbocycles. The predicted octanol–water partition coefficient (Wildman–Crippen LogP) is 5.19. The standard InChI is InChI=1S/C20H19F4N3OS/c21-17-10-5-4-9-16(17)18-25-26-19(27(18)13-15-7-2-1-3-8-15)29-12-6-11-28-14-20(22,23)24/h1-5,7-10H,6,11-14H2. The van der Waals surface area contributed by atoms with Crippen LogP contribution in [-0.2, 0) is 11.3 Å². The number of halogens is 4. The first-order valence-electron chi connectivity index (χ1n) is 8.93. The molecular formula is C20H19F4N3OS. The quantitative estimate of drug-likeness (QED) is 0.269. The molecule has 0 saturated carbocycles. The molecule has 3 rings (SSSR count). The van der Waals surface area contributed by atoms with E-state index >= 15 is 0 Å². The summed E-state index contributed by atoms with van der Waals surface area (Å²) in [4.78, 5) is 0. The van der Waals surface area contributed by atoms with Gasteiger partial charge >= 0.3 is 6.18 Å². The highest BCUT2D eigenvalue weighted by molar-refractivity contribution is 7.99. The maximum Gasteiger partial charge on any atom is 0.411 e. The van der Waals surface area contributed by atoms with E-state index in [0.717, 1.165) is 5.56 Å². The first kappa shape index (κ1) is 21.3. The summed E-state index contributed by atoms with van der Waals surface area (Å²) in [7, 11) is 0. The van der Waals surface area contributed by atoms with Crippen LogP contribution >= 0.6 is 11.8 Å². The van der Waals surface area contributed by atoms with E-state index in [0.29, 0.717) is 35.3 Å². The predicted molar refractivity (Wildman–Crippen MR) is 103 cm³/mol. The van der Waals surface area contributed by atoms with Crippen LogP contribution in [0.3, 0.4) is 0 Å². The molecule has 0 N–H and O–H groups in total. The third-order valence-electron chi connectivity index (χ3n) is 3.95. The van der Waals surface area contributed by atoms with Crippen molar-refractivity contribution in [2.45, 2.75) is 24.3 Å². The summed E-state index contributed by atoms with van der Waals surface area (Å²) in [6, 6.07) is 16.0. The van der Waals surface area contributed by atoms with E-state index in [-0.39, 0.29) is 6.61 Å². The zero-order valence-electron chi connectivity index (χ0n) is 15.4. The second kappa shape index (κ2) is 9.89. The Bertz CT molecular complexity index is 916. The molecule has 0 bridgehead atoms. The van der Waals surface area contributed by atoms with Crippen molar-refractivity contribution in [3.8, 4) is 11.4 Å². The molecule has 29 heavy (non-hydrogen) atoms. The Kier molecular flexibility index (Phi) is 7.27. The van der Waals surface area contributed by atoms with Crippen LogP contribution in [0.15, 0.2) is 59.8 Å². The molecule has 0 atom stereocenters. The van der Waals surface area contributed by atoms with Gasteiger partial charge in [-0.25, -0.2) is 4.39 Å². The number of benzene rings is 2. The summed E-state index contributed by atoms with van der Waals surface area (Å²) in [6.07, 6.45) is -3.90. The molecule has 4 nitrogen and oxygen atoms in total. The third-order valence-corrected chi connectivity index (χ3v) is 5.00. The van der Waals surface area contributed by atoms with Crippen LogP contribution < -0.4 is 0 Å². The molecule has 0 fully saturated rings. The summed E-state index contributed by atoms with van der Waals surface area (Å²) >= 11 is 1.35. The van der Waals surface area contributed by atoms with Crippen molar-refractivity contribution in [3.05, 3.63) is 66.0 Å². The molecule has 0 aliphatic carbocycles. The number of aromatic nitrogens is 3. The van der Waals surface area contributed by atoms with Gasteiger partial charge in [-0.15, -0.1) is 10.2 Å². The molecule has 0 radical (unpaired) electrons. The zero-order chi connectivity index (χ0) is 20.7. The van der Waals surface area contributed by atoms with Gasteiger partial charge in [-0.1, -0.05) is 54.2 Å². The zero-order valence-corrected chi connectivity index (χ0v) is 16.2. The maximum atomic E-state index is 14.3. The van der Waals surface area contributed by atoms with Crippen molar-refractivity contribution < 1.29 is 22.3 Å². The Morgan fingerprint density at radius 2 is 1.69 bits per heavy atom. The van der Waals surface area contributed by atoms with Crippen molar-refractivity contribution in [2.75, 3.05) is 19.0 Å². The molecule has 1 heterocycles. The van der Waals surface area contributed by atoms with E-state index in [4.69, 9.17) is 0 Å². The van der Waals surface area contributed by atoms with E-state index in [2.05, 4.69) is 14.9 Å². The number of hydrogen-bond donors (Lipinski definition) is 0. The molecule has 154 valence electrons. The summed E-state index contributed by atoms with van der Waals surface area (Å²) in [6.45, 7) is -0.802. The minimum Gasteiger partial charge on any atom is -0.372 e. The summed E-state index contributed by atoms with van der Waals surface area (Å²) in [5.41, 5.74) is 1.34. The largest absolute Gasteiger partial charge is 0.411 e. The SMILES string of the molecule is Fc1ccccc1-c1nnc(SCCCOCC(F)(F)F)n1Cc1ccccc1. The van der Waals surface area contributed by atoms with E-state index in [1.54, 1.807) is 18.2 Å². The van der Waals surface area contributed by atoms with Gasteiger partial charge in [0.05, 0.1) is 12.1 Å². The van der Waals surface area contributed by atoms with Gasteiger partial charge in [0.2, 0.25) is 0 Å². The Hall–Kier alpha value is -2.39. The second-order valence-corrected chi connectivity index (χ2v) is 7.29. The minimum absolute atomic E-state index is 0.000493. The van der Waals surface area contributed by atoms with Gasteiger partial charge in [-0.2, -0.15) is 13.2 Å². The third kappa shape index (κ3) is 6.30. The number of ether oxygens (including phenoxy) is 1. The van der Waals surface area contributed by atoms with Crippen molar-refractivity contribution in [1.29, 1.82) is 0 Å². The lowest BCUT2D eigenvalue weighted by Gasteiger charge is -2.11. The van der Waals surface area contributed by atoms with E-state index in [1.165, 1.54) is 17.8 Å².